The number of benzene rings is 1. The van der Waals surface area contributed by atoms with E-state index in [0.29, 0.717) is 5.75 Å². The predicted octanol–water partition coefficient (Wildman–Crippen LogP) is 3.03. The van der Waals surface area contributed by atoms with Gasteiger partial charge in [-0.3, -0.25) is 4.79 Å². The lowest BCUT2D eigenvalue weighted by atomic mass is 10.1. The molecule has 1 heterocycles. The van der Waals surface area contributed by atoms with Gasteiger partial charge < -0.3 is 20.4 Å². The molecule has 0 spiro atoms. The highest BCUT2D eigenvalue weighted by molar-refractivity contribution is 7.80. The van der Waals surface area contributed by atoms with Gasteiger partial charge in [0.15, 0.2) is 0 Å². The third-order valence-electron chi connectivity index (χ3n) is 4.47. The zero-order valence-corrected chi connectivity index (χ0v) is 16.5. The number of rotatable bonds is 9. The molecule has 7 heteroatoms. The number of aromatic nitrogens is 2. The second-order valence-corrected chi connectivity index (χ2v) is 6.64. The lowest BCUT2D eigenvalue weighted by molar-refractivity contribution is -0.133. The average Bonchev–Trinajstić information content (AvgIpc) is 3.16. The fourth-order valence-electron chi connectivity index (χ4n) is 2.91. The number of hydrogen-bond donors (Lipinski definition) is 3. The van der Waals surface area contributed by atoms with Crippen molar-refractivity contribution in [2.24, 2.45) is 5.73 Å². The first-order valence-electron chi connectivity index (χ1n) is 8.84. The fraction of sp³-hybridized carbons (Fsp3) is 0.474. The number of likely N-dealkylation sites (N-methyl/N-ethyl adjacent to an activating group) is 1. The summed E-state index contributed by atoms with van der Waals surface area (Å²) in [5.74, 6) is 1.71. The maximum atomic E-state index is 12.5. The van der Waals surface area contributed by atoms with E-state index in [4.69, 9.17) is 10.5 Å². The molecule has 1 aromatic heterocycles. The Morgan fingerprint density at radius 1 is 1.42 bits per heavy atom. The van der Waals surface area contributed by atoms with E-state index >= 15 is 0 Å². The first-order chi connectivity index (χ1) is 12.5. The molecule has 0 radical (unpaired) electrons. The van der Waals surface area contributed by atoms with E-state index in [0.717, 1.165) is 42.1 Å². The maximum Gasteiger partial charge on any atom is 0.240 e. The second kappa shape index (κ2) is 9.64. The van der Waals surface area contributed by atoms with Crippen LogP contribution in [0.2, 0.25) is 0 Å². The number of nitrogens with two attached hydrogens (primary N) is 1. The maximum absolute atomic E-state index is 12.5. The first kappa shape index (κ1) is 20.3. The number of para-hydroxylation sites is 1. The molecule has 0 saturated heterocycles. The summed E-state index contributed by atoms with van der Waals surface area (Å²) in [7, 11) is 3.42. The number of nitrogens with zero attached hydrogens (tertiary/aromatic N) is 2. The molecular formula is C19H28N4O2S. The van der Waals surface area contributed by atoms with Gasteiger partial charge in [0, 0.05) is 18.4 Å². The molecule has 1 aromatic carbocycles. The Kier molecular flexibility index (Phi) is 7.53. The van der Waals surface area contributed by atoms with Gasteiger partial charge in [-0.25, -0.2) is 4.98 Å². The Hall–Kier alpha value is -1.99. The van der Waals surface area contributed by atoms with Crippen LogP contribution in [0, 0.1) is 0 Å². The summed E-state index contributed by atoms with van der Waals surface area (Å²) < 4.78 is 5.43. The minimum absolute atomic E-state index is 0.128. The van der Waals surface area contributed by atoms with E-state index in [1.54, 1.807) is 25.3 Å². The van der Waals surface area contributed by atoms with Gasteiger partial charge in [-0.05, 0) is 18.6 Å². The number of ether oxygens (including phenoxy) is 1. The third kappa shape index (κ3) is 4.59. The Morgan fingerprint density at radius 3 is 2.81 bits per heavy atom. The summed E-state index contributed by atoms with van der Waals surface area (Å²) in [5, 5.41) is 0. The Morgan fingerprint density at radius 2 is 2.15 bits per heavy atom. The Balaban J connectivity index is 2.32. The van der Waals surface area contributed by atoms with Crippen molar-refractivity contribution in [1.29, 1.82) is 0 Å². The first-order valence-corrected chi connectivity index (χ1v) is 9.48. The van der Waals surface area contributed by atoms with E-state index in [9.17, 15) is 4.79 Å². The van der Waals surface area contributed by atoms with Crippen molar-refractivity contribution in [3.63, 3.8) is 0 Å². The van der Waals surface area contributed by atoms with E-state index in [1.165, 1.54) is 0 Å². The van der Waals surface area contributed by atoms with Crippen LogP contribution in [0.4, 0.5) is 0 Å². The van der Waals surface area contributed by atoms with Gasteiger partial charge in [-0.15, -0.1) is 0 Å². The Bertz CT molecular complexity index is 719. The molecule has 0 aliphatic heterocycles. The lowest BCUT2D eigenvalue weighted by Crippen LogP contribution is -2.44. The molecule has 26 heavy (non-hydrogen) atoms. The van der Waals surface area contributed by atoms with Gasteiger partial charge in [0.1, 0.15) is 11.6 Å². The van der Waals surface area contributed by atoms with Gasteiger partial charge in [0.05, 0.1) is 31.1 Å². The molecular weight excluding hydrogens is 348 g/mol. The standard InChI is InChI=1S/C19H28N4O2S/c1-4-5-9-16(23(2)19(24)14(20)12-26)18-21-11-15(22-18)13-8-6-7-10-17(13)25-3/h6-8,10-11,14,16,26H,4-5,9,12,20H2,1-3H3,(H,21,22). The van der Waals surface area contributed by atoms with Crippen LogP contribution in [0.25, 0.3) is 11.3 Å². The molecule has 2 unspecified atom stereocenters. The highest BCUT2D eigenvalue weighted by Gasteiger charge is 2.27. The summed E-state index contributed by atoms with van der Waals surface area (Å²) in [4.78, 5) is 22.1. The molecule has 0 saturated carbocycles. The van der Waals surface area contributed by atoms with Crippen molar-refractivity contribution in [2.45, 2.75) is 38.3 Å². The SMILES string of the molecule is CCCCC(c1ncc(-c2ccccc2OC)[nH]1)N(C)C(=O)C(N)CS. The fourth-order valence-corrected chi connectivity index (χ4v) is 3.07. The van der Waals surface area contributed by atoms with E-state index in [-0.39, 0.29) is 11.9 Å². The third-order valence-corrected chi connectivity index (χ3v) is 4.86. The number of hydrogen-bond acceptors (Lipinski definition) is 5. The lowest BCUT2D eigenvalue weighted by Gasteiger charge is -2.28. The van der Waals surface area contributed by atoms with Crippen LogP contribution < -0.4 is 10.5 Å². The van der Waals surface area contributed by atoms with Crippen molar-refractivity contribution >= 4 is 18.5 Å². The molecule has 3 N–H and O–H groups in total. The largest absolute Gasteiger partial charge is 0.496 e. The van der Waals surface area contributed by atoms with Crippen LogP contribution in [-0.4, -0.2) is 46.7 Å². The Labute approximate surface area is 160 Å². The van der Waals surface area contributed by atoms with Crippen molar-refractivity contribution in [3.05, 3.63) is 36.3 Å². The number of carbonyl (C=O) groups is 1. The van der Waals surface area contributed by atoms with Crippen LogP contribution in [0.1, 0.15) is 38.1 Å². The average molecular weight is 377 g/mol. The summed E-state index contributed by atoms with van der Waals surface area (Å²) in [5.41, 5.74) is 7.68. The molecule has 6 nitrogen and oxygen atoms in total. The van der Waals surface area contributed by atoms with Gasteiger partial charge in [0.2, 0.25) is 5.91 Å². The zero-order chi connectivity index (χ0) is 19.1. The molecule has 0 fully saturated rings. The minimum Gasteiger partial charge on any atom is -0.496 e. The van der Waals surface area contributed by atoms with Crippen LogP contribution in [-0.2, 0) is 4.79 Å². The molecule has 2 atom stereocenters. The number of imidazole rings is 1. The number of amides is 1. The van der Waals surface area contributed by atoms with Crippen molar-refractivity contribution in [3.8, 4) is 17.0 Å². The number of H-pyrrole nitrogens is 1. The van der Waals surface area contributed by atoms with Gasteiger partial charge in [-0.2, -0.15) is 12.6 Å². The number of carbonyl (C=O) groups excluding carboxylic acids is 1. The summed E-state index contributed by atoms with van der Waals surface area (Å²) in [6, 6.07) is 6.99. The number of thiol groups is 1. The van der Waals surface area contributed by atoms with Crippen molar-refractivity contribution < 1.29 is 9.53 Å². The molecule has 0 aliphatic rings. The van der Waals surface area contributed by atoms with E-state index in [2.05, 4.69) is 29.5 Å². The van der Waals surface area contributed by atoms with Crippen LogP contribution in [0.15, 0.2) is 30.5 Å². The summed E-state index contributed by atoms with van der Waals surface area (Å²) in [6.07, 6.45) is 4.63. The van der Waals surface area contributed by atoms with E-state index < -0.39 is 6.04 Å². The normalized spacial score (nSPS) is 13.3. The van der Waals surface area contributed by atoms with E-state index in [1.807, 2.05) is 24.3 Å². The number of methoxy groups -OCH3 is 1. The monoisotopic (exact) mass is 376 g/mol. The number of unbranched alkanes of at least 4 members (excludes halogenated alkanes) is 1. The molecule has 2 aromatic rings. The molecule has 1 amide bonds. The number of nitrogens with one attached hydrogen (secondary N) is 1. The highest BCUT2D eigenvalue weighted by atomic mass is 32.1. The molecule has 0 bridgehead atoms. The van der Waals surface area contributed by atoms with Crippen LogP contribution in [0.5, 0.6) is 5.75 Å². The quantitative estimate of drug-likeness (QED) is 0.587. The molecule has 0 aliphatic carbocycles. The summed E-state index contributed by atoms with van der Waals surface area (Å²) >= 11 is 4.14. The second-order valence-electron chi connectivity index (χ2n) is 6.28. The zero-order valence-electron chi connectivity index (χ0n) is 15.6. The molecule has 142 valence electrons. The smallest absolute Gasteiger partial charge is 0.240 e. The summed E-state index contributed by atoms with van der Waals surface area (Å²) in [6.45, 7) is 2.13. The van der Waals surface area contributed by atoms with Gasteiger partial charge in [0.25, 0.3) is 0 Å². The highest BCUT2D eigenvalue weighted by Crippen LogP contribution is 2.31. The van der Waals surface area contributed by atoms with Crippen LogP contribution >= 0.6 is 12.6 Å². The van der Waals surface area contributed by atoms with Gasteiger partial charge >= 0.3 is 0 Å². The van der Waals surface area contributed by atoms with Gasteiger partial charge in [-0.1, -0.05) is 31.9 Å². The van der Waals surface area contributed by atoms with Crippen LogP contribution in [0.3, 0.4) is 0 Å². The topological polar surface area (TPSA) is 84.2 Å². The molecule has 2 rings (SSSR count). The van der Waals surface area contributed by atoms with Crippen molar-refractivity contribution in [2.75, 3.05) is 19.9 Å². The minimum atomic E-state index is -0.615. The van der Waals surface area contributed by atoms with Crippen molar-refractivity contribution in [1.82, 2.24) is 14.9 Å². The predicted molar refractivity (Wildman–Crippen MR) is 107 cm³/mol. The number of aromatic amines is 1.